The maximum absolute atomic E-state index is 12.0. The minimum absolute atomic E-state index is 0.136. The average molecular weight is 317 g/mol. The Bertz CT molecular complexity index is 513. The third kappa shape index (κ3) is 3.19. The van der Waals surface area contributed by atoms with Crippen LogP contribution in [0.5, 0.6) is 0 Å². The number of nitrogens with two attached hydrogens (primary N) is 1. The summed E-state index contributed by atoms with van der Waals surface area (Å²) >= 11 is 0. The van der Waals surface area contributed by atoms with Gasteiger partial charge < -0.3 is 30.7 Å². The maximum atomic E-state index is 12.0. The highest BCUT2D eigenvalue weighted by atomic mass is 31.2. The predicted molar refractivity (Wildman–Crippen MR) is 75.7 cm³/mol. The van der Waals surface area contributed by atoms with Gasteiger partial charge in [-0.15, -0.1) is 0 Å². The molecule has 2 rings (SSSR count). The smallest absolute Gasteiger partial charge is 0.237 e. The summed E-state index contributed by atoms with van der Waals surface area (Å²) in [5.41, 5.74) is 5.19. The van der Waals surface area contributed by atoms with Gasteiger partial charge in [-0.25, -0.2) is 0 Å². The van der Waals surface area contributed by atoms with Gasteiger partial charge in [-0.3, -0.25) is 4.57 Å². The zero-order valence-corrected chi connectivity index (χ0v) is 12.2. The van der Waals surface area contributed by atoms with Crippen LogP contribution in [0.3, 0.4) is 0 Å². The van der Waals surface area contributed by atoms with E-state index in [9.17, 15) is 24.8 Å². The van der Waals surface area contributed by atoms with Crippen molar-refractivity contribution in [2.75, 3.05) is 6.61 Å². The van der Waals surface area contributed by atoms with Crippen molar-refractivity contribution in [1.29, 1.82) is 0 Å². The Hall–Kier alpha value is -0.790. The Morgan fingerprint density at radius 3 is 2.43 bits per heavy atom. The molecular weight excluding hydrogens is 297 g/mol. The van der Waals surface area contributed by atoms with Crippen LogP contribution >= 0.6 is 7.37 Å². The number of hydrogen-bond acceptors (Lipinski definition) is 6. The lowest BCUT2D eigenvalue weighted by Crippen LogP contribution is -2.60. The van der Waals surface area contributed by atoms with E-state index in [1.165, 1.54) is 0 Å². The van der Waals surface area contributed by atoms with Gasteiger partial charge in [0.05, 0.1) is 31.0 Å². The second kappa shape index (κ2) is 6.54. The summed E-state index contributed by atoms with van der Waals surface area (Å²) in [6.45, 7) is -0.596. The molecule has 6 N–H and O–H groups in total. The Balaban J connectivity index is 2.13. The largest absolute Gasteiger partial charge is 0.395 e. The summed E-state index contributed by atoms with van der Waals surface area (Å²) in [6.07, 6.45) is -2.46. The number of hydrogen-bond donors (Lipinski definition) is 5. The molecule has 1 aliphatic heterocycles. The van der Waals surface area contributed by atoms with Crippen LogP contribution in [0.1, 0.15) is 5.56 Å². The van der Waals surface area contributed by atoms with Crippen LogP contribution < -0.4 is 5.73 Å². The van der Waals surface area contributed by atoms with Crippen molar-refractivity contribution in [3.63, 3.8) is 0 Å². The Morgan fingerprint density at radius 1 is 1.24 bits per heavy atom. The third-order valence-corrected chi connectivity index (χ3v) is 6.30. The monoisotopic (exact) mass is 317 g/mol. The molecule has 7 nitrogen and oxygen atoms in total. The Labute approximate surface area is 122 Å². The SMILES string of the molecule is N[C@H]1C(O)P(=O)(O)C(CO)[C@@H](O)[C@@H]1OCc1ccccc1. The number of ether oxygens (including phenoxy) is 1. The Morgan fingerprint density at radius 2 is 1.86 bits per heavy atom. The minimum Gasteiger partial charge on any atom is -0.395 e. The lowest BCUT2D eigenvalue weighted by Gasteiger charge is -2.43. The van der Waals surface area contributed by atoms with E-state index in [4.69, 9.17) is 10.5 Å². The van der Waals surface area contributed by atoms with Crippen LogP contribution in [-0.2, 0) is 15.9 Å². The number of benzene rings is 1. The first kappa shape index (κ1) is 16.6. The van der Waals surface area contributed by atoms with Crippen LogP contribution in [0, 0.1) is 0 Å². The van der Waals surface area contributed by atoms with Crippen molar-refractivity contribution in [2.24, 2.45) is 5.73 Å². The molecule has 21 heavy (non-hydrogen) atoms. The van der Waals surface area contributed by atoms with E-state index in [0.29, 0.717) is 0 Å². The van der Waals surface area contributed by atoms with Crippen molar-refractivity contribution >= 4 is 7.37 Å². The topological polar surface area (TPSA) is 133 Å². The molecule has 1 heterocycles. The second-order valence-electron chi connectivity index (χ2n) is 5.17. The quantitative estimate of drug-likeness (QED) is 0.460. The lowest BCUT2D eigenvalue weighted by molar-refractivity contribution is -0.0868. The van der Waals surface area contributed by atoms with Gasteiger partial charge in [-0.1, -0.05) is 30.3 Å². The second-order valence-corrected chi connectivity index (χ2v) is 7.70. The molecular formula is C13H20NO6P. The van der Waals surface area contributed by atoms with Crippen LogP contribution in [0.15, 0.2) is 30.3 Å². The number of rotatable bonds is 4. The highest BCUT2D eigenvalue weighted by molar-refractivity contribution is 7.59. The van der Waals surface area contributed by atoms with Gasteiger partial charge in [-0.05, 0) is 5.56 Å². The zero-order valence-electron chi connectivity index (χ0n) is 11.3. The molecule has 3 unspecified atom stereocenters. The minimum atomic E-state index is -4.18. The summed E-state index contributed by atoms with van der Waals surface area (Å²) in [4.78, 5) is 9.80. The maximum Gasteiger partial charge on any atom is 0.237 e. The van der Waals surface area contributed by atoms with Gasteiger partial charge in [0.1, 0.15) is 11.9 Å². The van der Waals surface area contributed by atoms with Gasteiger partial charge in [-0.2, -0.15) is 0 Å². The van der Waals surface area contributed by atoms with E-state index in [2.05, 4.69) is 0 Å². The van der Waals surface area contributed by atoms with E-state index in [0.717, 1.165) is 5.56 Å². The van der Waals surface area contributed by atoms with E-state index in [1.54, 1.807) is 0 Å². The van der Waals surface area contributed by atoms with E-state index in [-0.39, 0.29) is 6.61 Å². The molecule has 0 aromatic heterocycles. The molecule has 8 heteroatoms. The highest BCUT2D eigenvalue weighted by Crippen LogP contribution is 2.56. The Kier molecular flexibility index (Phi) is 5.16. The number of aliphatic hydroxyl groups is 3. The van der Waals surface area contributed by atoms with Gasteiger partial charge in [0, 0.05) is 0 Å². The molecule has 0 saturated carbocycles. The normalized spacial score (nSPS) is 40.1. The molecule has 0 radical (unpaired) electrons. The van der Waals surface area contributed by atoms with Crippen molar-refractivity contribution in [2.45, 2.75) is 36.4 Å². The van der Waals surface area contributed by atoms with Crippen molar-refractivity contribution in [3.05, 3.63) is 35.9 Å². The van der Waals surface area contributed by atoms with Gasteiger partial charge in [0.15, 0.2) is 0 Å². The standard InChI is InChI=1S/C13H20NO6P/c14-10-12(20-7-8-4-2-1-3-5-8)11(16)9(6-15)21(18,19)13(10)17/h1-5,9-13,15-17H,6-7,14H2,(H,18,19)/t9?,10-,11-,12-,13?/m1/s1. The third-order valence-electron chi connectivity index (χ3n) is 3.78. The van der Waals surface area contributed by atoms with E-state index < -0.39 is 43.7 Å². The molecule has 1 aromatic rings. The molecule has 0 amide bonds. The first-order valence-electron chi connectivity index (χ1n) is 6.60. The summed E-state index contributed by atoms with van der Waals surface area (Å²) in [5.74, 6) is -1.74. The molecule has 1 aromatic carbocycles. The van der Waals surface area contributed by atoms with E-state index >= 15 is 0 Å². The fraction of sp³-hybridized carbons (Fsp3) is 0.538. The first-order valence-corrected chi connectivity index (χ1v) is 8.39. The molecule has 0 spiro atoms. The zero-order chi connectivity index (χ0) is 15.6. The average Bonchev–Trinajstić information content (AvgIpc) is 2.46. The number of aliphatic hydroxyl groups excluding tert-OH is 3. The van der Waals surface area contributed by atoms with Crippen LogP contribution in [0.4, 0.5) is 0 Å². The summed E-state index contributed by atoms with van der Waals surface area (Å²) in [7, 11) is -4.18. The molecule has 1 fully saturated rings. The molecule has 118 valence electrons. The fourth-order valence-corrected chi connectivity index (χ4v) is 4.38. The van der Waals surface area contributed by atoms with Crippen LogP contribution in [0.2, 0.25) is 0 Å². The molecule has 1 saturated heterocycles. The van der Waals surface area contributed by atoms with E-state index in [1.807, 2.05) is 30.3 Å². The summed E-state index contributed by atoms with van der Waals surface area (Å²) in [6, 6.07) is 7.92. The fourth-order valence-electron chi connectivity index (χ4n) is 2.48. The van der Waals surface area contributed by atoms with Crippen molar-refractivity contribution in [3.8, 4) is 0 Å². The lowest BCUT2D eigenvalue weighted by atomic mass is 10.0. The van der Waals surface area contributed by atoms with Crippen LogP contribution in [0.25, 0.3) is 0 Å². The molecule has 6 atom stereocenters. The van der Waals surface area contributed by atoms with Crippen molar-refractivity contribution in [1.82, 2.24) is 0 Å². The molecule has 1 aliphatic rings. The highest BCUT2D eigenvalue weighted by Gasteiger charge is 2.55. The molecule has 0 aliphatic carbocycles. The van der Waals surface area contributed by atoms with Gasteiger partial charge >= 0.3 is 0 Å². The van der Waals surface area contributed by atoms with Crippen molar-refractivity contribution < 1.29 is 29.5 Å². The van der Waals surface area contributed by atoms with Gasteiger partial charge in [0.25, 0.3) is 0 Å². The van der Waals surface area contributed by atoms with Crippen LogP contribution in [-0.4, -0.2) is 56.6 Å². The molecule has 0 bridgehead atoms. The van der Waals surface area contributed by atoms with Gasteiger partial charge in [0.2, 0.25) is 7.37 Å². The summed E-state index contributed by atoms with van der Waals surface area (Å²) < 4.78 is 17.5. The predicted octanol–water partition coefficient (Wildman–Crippen LogP) is -0.777. The first-order chi connectivity index (χ1) is 9.89. The summed E-state index contributed by atoms with van der Waals surface area (Å²) in [5, 5.41) is 29.2.